The van der Waals surface area contributed by atoms with Gasteiger partial charge in [0.05, 0.1) is 31.1 Å². The number of nitrogens with one attached hydrogen (secondary N) is 1. The molecule has 4 rings (SSSR count). The van der Waals surface area contributed by atoms with Crippen molar-refractivity contribution in [2.75, 3.05) is 14.2 Å². The molecule has 0 aliphatic rings. The van der Waals surface area contributed by atoms with Gasteiger partial charge in [-0.2, -0.15) is 5.10 Å². The average Bonchev–Trinajstić information content (AvgIpc) is 3.35. The summed E-state index contributed by atoms with van der Waals surface area (Å²) in [6.45, 7) is 0.140. The van der Waals surface area contributed by atoms with Crippen LogP contribution in [0.15, 0.2) is 52.8 Å². The van der Waals surface area contributed by atoms with Crippen LogP contribution in [0.4, 0.5) is 0 Å². The number of H-pyrrole nitrogens is 1. The van der Waals surface area contributed by atoms with Crippen molar-refractivity contribution < 1.29 is 9.53 Å². The van der Waals surface area contributed by atoms with E-state index in [0.717, 1.165) is 5.69 Å². The van der Waals surface area contributed by atoms with E-state index in [9.17, 15) is 9.59 Å². The van der Waals surface area contributed by atoms with Gasteiger partial charge in [-0.1, -0.05) is 18.2 Å². The van der Waals surface area contributed by atoms with E-state index in [1.54, 1.807) is 24.0 Å². The summed E-state index contributed by atoms with van der Waals surface area (Å²) in [5.41, 5.74) is 1.42. The summed E-state index contributed by atoms with van der Waals surface area (Å²) >= 11 is 1.33. The Kier molecular flexibility index (Phi) is 4.66. The lowest BCUT2D eigenvalue weighted by molar-refractivity contribution is 0.0772. The zero-order valence-corrected chi connectivity index (χ0v) is 16.1. The molecule has 0 radical (unpaired) electrons. The molecule has 8 nitrogen and oxygen atoms in total. The van der Waals surface area contributed by atoms with Gasteiger partial charge >= 0.3 is 0 Å². The van der Waals surface area contributed by atoms with Gasteiger partial charge in [0.25, 0.3) is 11.5 Å². The van der Waals surface area contributed by atoms with Crippen LogP contribution in [-0.2, 0) is 6.54 Å². The van der Waals surface area contributed by atoms with Crippen molar-refractivity contribution in [3.63, 3.8) is 0 Å². The summed E-state index contributed by atoms with van der Waals surface area (Å²) in [5, 5.41) is 6.20. The van der Waals surface area contributed by atoms with Crippen LogP contribution in [0, 0.1) is 0 Å². The van der Waals surface area contributed by atoms with Crippen molar-refractivity contribution in [2.24, 2.45) is 0 Å². The maximum atomic E-state index is 12.9. The van der Waals surface area contributed by atoms with Gasteiger partial charge in [0, 0.05) is 7.05 Å². The van der Waals surface area contributed by atoms with Gasteiger partial charge in [-0.25, -0.2) is 9.67 Å². The zero-order chi connectivity index (χ0) is 19.7. The Morgan fingerprint density at radius 1 is 1.29 bits per heavy atom. The number of ether oxygens (including phenoxy) is 1. The minimum absolute atomic E-state index is 0.140. The fourth-order valence-corrected chi connectivity index (χ4v) is 3.57. The van der Waals surface area contributed by atoms with Gasteiger partial charge in [0.15, 0.2) is 11.4 Å². The van der Waals surface area contributed by atoms with Crippen molar-refractivity contribution in [1.29, 1.82) is 0 Å². The largest absolute Gasteiger partial charge is 0.493 e. The summed E-state index contributed by atoms with van der Waals surface area (Å²) in [5.74, 6) is 0.447. The molecule has 3 aromatic heterocycles. The van der Waals surface area contributed by atoms with E-state index in [4.69, 9.17) is 4.74 Å². The molecule has 0 spiro atoms. The maximum Gasteiger partial charge on any atom is 0.278 e. The second kappa shape index (κ2) is 7.28. The average molecular weight is 395 g/mol. The second-order valence-electron chi connectivity index (χ2n) is 6.14. The first-order chi connectivity index (χ1) is 13.6. The lowest BCUT2D eigenvalue weighted by Gasteiger charge is -2.15. The summed E-state index contributed by atoms with van der Waals surface area (Å²) in [6, 6.07) is 11.2. The van der Waals surface area contributed by atoms with Gasteiger partial charge in [-0.15, -0.1) is 11.3 Å². The number of para-hydroxylation sites is 1. The van der Waals surface area contributed by atoms with Crippen LogP contribution in [0.1, 0.15) is 16.3 Å². The minimum atomic E-state index is -0.334. The number of carbonyl (C=O) groups is 1. The predicted molar refractivity (Wildman–Crippen MR) is 106 cm³/mol. The lowest BCUT2D eigenvalue weighted by atomic mass is 10.3. The molecule has 1 N–H and O–H groups in total. The lowest BCUT2D eigenvalue weighted by Crippen LogP contribution is -2.29. The Balaban J connectivity index is 1.61. The third kappa shape index (κ3) is 3.27. The number of amides is 1. The van der Waals surface area contributed by atoms with Gasteiger partial charge in [0.1, 0.15) is 10.5 Å². The van der Waals surface area contributed by atoms with Crippen molar-refractivity contribution in [3.8, 4) is 11.4 Å². The molecule has 0 bridgehead atoms. The SMILES string of the molecule is COc1cn(-c2ccccc2)nc1C(=O)N(C)Cc1nc2ccsc2c(=O)[nH]1. The highest BCUT2D eigenvalue weighted by molar-refractivity contribution is 7.17. The fourth-order valence-electron chi connectivity index (χ4n) is 2.84. The molecule has 0 saturated carbocycles. The Morgan fingerprint density at radius 2 is 2.07 bits per heavy atom. The molecule has 0 fully saturated rings. The first-order valence-electron chi connectivity index (χ1n) is 8.48. The van der Waals surface area contributed by atoms with Gasteiger partial charge in [0.2, 0.25) is 0 Å². The molecule has 3 heterocycles. The van der Waals surface area contributed by atoms with Crippen molar-refractivity contribution in [2.45, 2.75) is 6.54 Å². The number of thiophene rings is 1. The highest BCUT2D eigenvalue weighted by atomic mass is 32.1. The molecule has 142 valence electrons. The van der Waals surface area contributed by atoms with E-state index in [1.165, 1.54) is 23.3 Å². The molecule has 4 aromatic rings. The van der Waals surface area contributed by atoms with Crippen LogP contribution in [0.5, 0.6) is 5.75 Å². The number of aromatic amines is 1. The number of hydrogen-bond acceptors (Lipinski definition) is 6. The summed E-state index contributed by atoms with van der Waals surface area (Å²) < 4.78 is 7.50. The Labute approximate surface area is 164 Å². The monoisotopic (exact) mass is 395 g/mol. The Bertz CT molecular complexity index is 1200. The Hall–Kier alpha value is -3.46. The van der Waals surface area contributed by atoms with E-state index >= 15 is 0 Å². The number of methoxy groups -OCH3 is 1. The number of nitrogens with zero attached hydrogens (tertiary/aromatic N) is 4. The molecular weight excluding hydrogens is 378 g/mol. The van der Waals surface area contributed by atoms with Crippen LogP contribution in [0.2, 0.25) is 0 Å². The first-order valence-corrected chi connectivity index (χ1v) is 9.35. The van der Waals surface area contributed by atoms with E-state index in [0.29, 0.717) is 21.8 Å². The molecule has 1 aromatic carbocycles. The molecule has 9 heteroatoms. The molecule has 0 aliphatic carbocycles. The second-order valence-corrected chi connectivity index (χ2v) is 7.05. The number of aromatic nitrogens is 4. The van der Waals surface area contributed by atoms with Crippen LogP contribution in [0.3, 0.4) is 0 Å². The number of carbonyl (C=O) groups excluding carboxylic acids is 1. The number of hydrogen-bond donors (Lipinski definition) is 1. The summed E-state index contributed by atoms with van der Waals surface area (Å²) in [7, 11) is 3.12. The van der Waals surface area contributed by atoms with Crippen molar-refractivity contribution in [1.82, 2.24) is 24.6 Å². The zero-order valence-electron chi connectivity index (χ0n) is 15.2. The topological polar surface area (TPSA) is 93.1 Å². The third-order valence-corrected chi connectivity index (χ3v) is 5.12. The van der Waals surface area contributed by atoms with Crippen LogP contribution in [-0.4, -0.2) is 44.7 Å². The minimum Gasteiger partial charge on any atom is -0.493 e. The van der Waals surface area contributed by atoms with E-state index < -0.39 is 0 Å². The highest BCUT2D eigenvalue weighted by Crippen LogP contribution is 2.21. The summed E-state index contributed by atoms with van der Waals surface area (Å²) in [6.07, 6.45) is 1.66. The van der Waals surface area contributed by atoms with Crippen LogP contribution < -0.4 is 10.3 Å². The van der Waals surface area contributed by atoms with E-state index in [1.807, 2.05) is 35.7 Å². The predicted octanol–water partition coefficient (Wildman–Crippen LogP) is 2.45. The number of fused-ring (bicyclic) bond motifs is 1. The normalized spacial score (nSPS) is 10.9. The third-order valence-electron chi connectivity index (χ3n) is 4.22. The van der Waals surface area contributed by atoms with Crippen molar-refractivity contribution >= 4 is 27.5 Å². The van der Waals surface area contributed by atoms with E-state index in [-0.39, 0.29) is 23.7 Å². The molecule has 0 aliphatic heterocycles. The molecule has 0 atom stereocenters. The molecule has 0 saturated heterocycles. The highest BCUT2D eigenvalue weighted by Gasteiger charge is 2.22. The van der Waals surface area contributed by atoms with E-state index in [2.05, 4.69) is 15.1 Å². The van der Waals surface area contributed by atoms with Gasteiger partial charge in [-0.3, -0.25) is 9.59 Å². The van der Waals surface area contributed by atoms with Crippen LogP contribution in [0.25, 0.3) is 15.9 Å². The van der Waals surface area contributed by atoms with Crippen LogP contribution >= 0.6 is 11.3 Å². The standard InChI is InChI=1S/C19H17N5O3S/c1-23(11-15-20-13-8-9-28-17(13)18(25)21-15)19(26)16-14(27-2)10-24(22-16)12-6-4-3-5-7-12/h3-10H,11H2,1-2H3,(H,20,21,25). The molecule has 28 heavy (non-hydrogen) atoms. The van der Waals surface area contributed by atoms with Gasteiger partial charge in [-0.05, 0) is 23.6 Å². The summed E-state index contributed by atoms with van der Waals surface area (Å²) in [4.78, 5) is 33.6. The quantitative estimate of drug-likeness (QED) is 0.560. The number of benzene rings is 1. The number of rotatable bonds is 5. The molecule has 0 unspecified atom stereocenters. The van der Waals surface area contributed by atoms with Gasteiger partial charge < -0.3 is 14.6 Å². The smallest absolute Gasteiger partial charge is 0.278 e. The molecular formula is C19H17N5O3S. The Morgan fingerprint density at radius 3 is 2.82 bits per heavy atom. The maximum absolute atomic E-state index is 12.9. The van der Waals surface area contributed by atoms with Crippen molar-refractivity contribution in [3.05, 3.63) is 69.8 Å². The first kappa shape index (κ1) is 17.9. The fraction of sp³-hybridized carbons (Fsp3) is 0.158. The molecule has 1 amide bonds.